The number of hydrogen-bond acceptors (Lipinski definition) is 5. The van der Waals surface area contributed by atoms with Crippen LogP contribution in [0.4, 0.5) is 5.69 Å². The monoisotopic (exact) mass is 225 g/mol. The van der Waals surface area contributed by atoms with E-state index >= 15 is 0 Å². The summed E-state index contributed by atoms with van der Waals surface area (Å²) < 4.78 is 6.14. The van der Waals surface area contributed by atoms with Crippen LogP contribution in [-0.4, -0.2) is 27.8 Å². The van der Waals surface area contributed by atoms with Crippen molar-refractivity contribution in [3.63, 3.8) is 0 Å². The van der Waals surface area contributed by atoms with Crippen molar-refractivity contribution in [3.8, 4) is 0 Å². The summed E-state index contributed by atoms with van der Waals surface area (Å²) in [5.74, 6) is -0.323. The zero-order chi connectivity index (χ0) is 11.7. The predicted octanol–water partition coefficient (Wildman–Crippen LogP) is 0.915. The van der Waals surface area contributed by atoms with Crippen LogP contribution < -0.4 is 0 Å². The molecule has 1 fully saturated rings. The Morgan fingerprint density at radius 1 is 1.69 bits per heavy atom. The van der Waals surface area contributed by atoms with Gasteiger partial charge in [0.05, 0.1) is 24.0 Å². The summed E-state index contributed by atoms with van der Waals surface area (Å²) in [6, 6.07) is 0.0674. The lowest BCUT2D eigenvalue weighted by molar-refractivity contribution is -0.385. The first-order valence-electron chi connectivity index (χ1n) is 4.88. The smallest absolute Gasteiger partial charge is 0.308 e. The molecule has 1 saturated carbocycles. The molecule has 0 bridgehead atoms. The molecule has 1 aliphatic rings. The Morgan fingerprint density at radius 3 is 2.88 bits per heavy atom. The van der Waals surface area contributed by atoms with Gasteiger partial charge in [-0.25, -0.2) is 0 Å². The van der Waals surface area contributed by atoms with Gasteiger partial charge in [0.1, 0.15) is 12.4 Å². The van der Waals surface area contributed by atoms with Gasteiger partial charge < -0.3 is 4.74 Å². The summed E-state index contributed by atoms with van der Waals surface area (Å²) in [4.78, 5) is 21.1. The molecule has 16 heavy (non-hydrogen) atoms. The highest BCUT2D eigenvalue weighted by Crippen LogP contribution is 2.38. The fourth-order valence-electron chi connectivity index (χ4n) is 1.78. The van der Waals surface area contributed by atoms with Gasteiger partial charge in [-0.2, -0.15) is 5.10 Å². The first-order valence-corrected chi connectivity index (χ1v) is 4.88. The summed E-state index contributed by atoms with van der Waals surface area (Å²) in [6.45, 7) is 0. The Bertz CT molecular complexity index is 422. The second-order valence-electron chi connectivity index (χ2n) is 3.78. The molecule has 86 valence electrons. The minimum Gasteiger partial charge on any atom is -0.469 e. The third kappa shape index (κ3) is 1.75. The average molecular weight is 225 g/mol. The summed E-state index contributed by atoms with van der Waals surface area (Å²) >= 11 is 0. The second kappa shape index (κ2) is 3.92. The molecule has 2 rings (SSSR count). The SMILES string of the molecule is COC(=O)[C@H]1C[C@H](n2cc([N+](=O)[O-])cn2)C1. The minimum atomic E-state index is -0.486. The Hall–Kier alpha value is -1.92. The van der Waals surface area contributed by atoms with Gasteiger partial charge in [0.15, 0.2) is 0 Å². The summed E-state index contributed by atoms with van der Waals surface area (Å²) in [5.41, 5.74) is -0.0264. The van der Waals surface area contributed by atoms with Crippen LogP contribution in [-0.2, 0) is 9.53 Å². The van der Waals surface area contributed by atoms with Crippen LogP contribution in [0.2, 0.25) is 0 Å². The molecule has 0 radical (unpaired) electrons. The number of esters is 1. The van der Waals surface area contributed by atoms with Crippen molar-refractivity contribution >= 4 is 11.7 Å². The van der Waals surface area contributed by atoms with Crippen molar-refractivity contribution in [1.82, 2.24) is 9.78 Å². The number of aromatic nitrogens is 2. The molecule has 0 saturated heterocycles. The lowest BCUT2D eigenvalue weighted by atomic mass is 9.80. The largest absolute Gasteiger partial charge is 0.469 e. The first-order chi connectivity index (χ1) is 7.61. The van der Waals surface area contributed by atoms with Crippen molar-refractivity contribution in [1.29, 1.82) is 0 Å². The Labute approximate surface area is 91.2 Å². The molecular formula is C9H11N3O4. The maximum atomic E-state index is 11.1. The van der Waals surface area contributed by atoms with Crippen LogP contribution in [0, 0.1) is 16.0 Å². The van der Waals surface area contributed by atoms with Crippen LogP contribution in [0.1, 0.15) is 18.9 Å². The van der Waals surface area contributed by atoms with E-state index in [0.717, 1.165) is 0 Å². The molecule has 1 heterocycles. The lowest BCUT2D eigenvalue weighted by Gasteiger charge is -2.32. The molecule has 1 aromatic heterocycles. The van der Waals surface area contributed by atoms with Crippen LogP contribution in [0.15, 0.2) is 12.4 Å². The normalized spacial score (nSPS) is 23.6. The average Bonchev–Trinajstić information content (AvgIpc) is 2.64. The van der Waals surface area contributed by atoms with Gasteiger partial charge in [0, 0.05) is 0 Å². The molecule has 7 heteroatoms. The van der Waals surface area contributed by atoms with Crippen LogP contribution in [0.5, 0.6) is 0 Å². The highest BCUT2D eigenvalue weighted by Gasteiger charge is 2.37. The van der Waals surface area contributed by atoms with Gasteiger partial charge in [-0.1, -0.05) is 0 Å². The predicted molar refractivity (Wildman–Crippen MR) is 52.7 cm³/mol. The molecule has 0 atom stereocenters. The van der Waals surface area contributed by atoms with E-state index in [2.05, 4.69) is 9.84 Å². The number of nitro groups is 1. The van der Waals surface area contributed by atoms with Gasteiger partial charge in [-0.15, -0.1) is 0 Å². The first kappa shape index (κ1) is 10.6. The molecule has 0 aliphatic heterocycles. The highest BCUT2D eigenvalue weighted by atomic mass is 16.6. The maximum absolute atomic E-state index is 11.1. The molecular weight excluding hydrogens is 214 g/mol. The number of ether oxygens (including phenoxy) is 1. The van der Waals surface area contributed by atoms with Crippen LogP contribution in [0.25, 0.3) is 0 Å². The van der Waals surface area contributed by atoms with Crippen LogP contribution >= 0.6 is 0 Å². The van der Waals surface area contributed by atoms with Gasteiger partial charge in [0.25, 0.3) is 0 Å². The summed E-state index contributed by atoms with van der Waals surface area (Å²) in [5, 5.41) is 14.3. The van der Waals surface area contributed by atoms with E-state index in [1.54, 1.807) is 0 Å². The molecule has 1 aliphatic carbocycles. The van der Waals surface area contributed by atoms with Gasteiger partial charge in [-0.05, 0) is 12.8 Å². The van der Waals surface area contributed by atoms with Crippen molar-refractivity contribution in [3.05, 3.63) is 22.5 Å². The second-order valence-corrected chi connectivity index (χ2v) is 3.78. The fraction of sp³-hybridized carbons (Fsp3) is 0.556. The quantitative estimate of drug-likeness (QED) is 0.433. The standard InChI is InChI=1S/C9H11N3O4/c1-16-9(13)6-2-7(3-6)11-5-8(4-10-11)12(14)15/h4-7H,2-3H2,1H3/t6-,7-. The third-order valence-electron chi connectivity index (χ3n) is 2.82. The van der Waals surface area contributed by atoms with Gasteiger partial charge in [-0.3, -0.25) is 19.6 Å². The molecule has 0 unspecified atom stereocenters. The number of rotatable bonds is 3. The number of carbonyl (C=O) groups is 1. The third-order valence-corrected chi connectivity index (χ3v) is 2.82. The Balaban J connectivity index is 1.96. The van der Waals surface area contributed by atoms with Crippen molar-refractivity contribution in [2.75, 3.05) is 7.11 Å². The fourth-order valence-corrected chi connectivity index (χ4v) is 1.78. The molecule has 7 nitrogen and oxygen atoms in total. The topological polar surface area (TPSA) is 87.3 Å². The number of carbonyl (C=O) groups excluding carboxylic acids is 1. The van der Waals surface area contributed by atoms with Gasteiger partial charge in [0.2, 0.25) is 0 Å². The number of nitrogens with zero attached hydrogens (tertiary/aromatic N) is 3. The molecule has 1 aromatic rings. The van der Waals surface area contributed by atoms with E-state index in [1.807, 2.05) is 0 Å². The zero-order valence-corrected chi connectivity index (χ0v) is 8.70. The maximum Gasteiger partial charge on any atom is 0.308 e. The zero-order valence-electron chi connectivity index (χ0n) is 8.70. The summed E-state index contributed by atoms with van der Waals surface area (Å²) in [6.07, 6.45) is 3.86. The van der Waals surface area contributed by atoms with E-state index < -0.39 is 4.92 Å². The lowest BCUT2D eigenvalue weighted by Crippen LogP contribution is -2.33. The van der Waals surface area contributed by atoms with E-state index in [0.29, 0.717) is 12.8 Å². The van der Waals surface area contributed by atoms with E-state index in [9.17, 15) is 14.9 Å². The Kier molecular flexibility index (Phi) is 2.59. The van der Waals surface area contributed by atoms with Crippen molar-refractivity contribution in [2.24, 2.45) is 5.92 Å². The molecule has 0 amide bonds. The highest BCUT2D eigenvalue weighted by molar-refractivity contribution is 5.73. The van der Waals surface area contributed by atoms with E-state index in [4.69, 9.17) is 0 Å². The van der Waals surface area contributed by atoms with E-state index in [-0.39, 0.29) is 23.6 Å². The minimum absolute atomic E-state index is 0.0264. The number of methoxy groups -OCH3 is 1. The van der Waals surface area contributed by atoms with Crippen LogP contribution in [0.3, 0.4) is 0 Å². The molecule has 0 aromatic carbocycles. The van der Waals surface area contributed by atoms with Crippen molar-refractivity contribution < 1.29 is 14.5 Å². The van der Waals surface area contributed by atoms with E-state index in [1.165, 1.54) is 24.2 Å². The van der Waals surface area contributed by atoms with Crippen molar-refractivity contribution in [2.45, 2.75) is 18.9 Å². The summed E-state index contributed by atoms with van der Waals surface area (Å²) in [7, 11) is 1.36. The molecule has 0 N–H and O–H groups in total. The molecule has 0 spiro atoms. The van der Waals surface area contributed by atoms with Gasteiger partial charge >= 0.3 is 11.7 Å². The Morgan fingerprint density at radius 2 is 2.38 bits per heavy atom. The number of hydrogen-bond donors (Lipinski definition) is 0.